The zero-order valence-electron chi connectivity index (χ0n) is 13.1. The lowest BCUT2D eigenvalue weighted by atomic mass is 10.0. The van der Waals surface area contributed by atoms with Gasteiger partial charge in [-0.05, 0) is 48.8 Å². The number of carbonyl (C=O) groups excluding carboxylic acids is 1. The van der Waals surface area contributed by atoms with Crippen LogP contribution in [-0.4, -0.2) is 21.4 Å². The number of carbonyl (C=O) groups is 1. The van der Waals surface area contributed by atoms with E-state index in [1.807, 2.05) is 18.2 Å². The van der Waals surface area contributed by atoms with Crippen LogP contribution >= 0.6 is 0 Å². The quantitative estimate of drug-likeness (QED) is 0.660. The summed E-state index contributed by atoms with van der Waals surface area (Å²) in [5.41, 5.74) is 7.35. The van der Waals surface area contributed by atoms with E-state index in [4.69, 9.17) is 10.2 Å². The smallest absolute Gasteiger partial charge is 0.274 e. The van der Waals surface area contributed by atoms with Crippen LogP contribution in [0.25, 0.3) is 0 Å². The van der Waals surface area contributed by atoms with Crippen molar-refractivity contribution in [1.29, 1.82) is 0 Å². The second kappa shape index (κ2) is 5.94. The van der Waals surface area contributed by atoms with Crippen LogP contribution in [0, 0.1) is 0 Å². The molecule has 1 aromatic heterocycles. The van der Waals surface area contributed by atoms with Crippen molar-refractivity contribution in [3.63, 3.8) is 0 Å². The maximum Gasteiger partial charge on any atom is 0.274 e. The van der Waals surface area contributed by atoms with E-state index in [1.165, 1.54) is 5.57 Å². The monoisotopic (exact) mass is 319 g/mol. The van der Waals surface area contributed by atoms with Crippen molar-refractivity contribution in [2.24, 2.45) is 4.99 Å². The first kappa shape index (κ1) is 14.7. The molecular weight excluding hydrogens is 302 g/mol. The van der Waals surface area contributed by atoms with Gasteiger partial charge in [-0.2, -0.15) is 0 Å². The van der Waals surface area contributed by atoms with Crippen LogP contribution in [0.3, 0.4) is 0 Å². The minimum absolute atomic E-state index is 0.406. The molecule has 0 bridgehead atoms. The number of hydroxylamine groups is 1. The van der Waals surface area contributed by atoms with E-state index in [2.05, 4.69) is 29.0 Å². The predicted molar refractivity (Wildman–Crippen MR) is 91.2 cm³/mol. The fourth-order valence-electron chi connectivity index (χ4n) is 3.18. The van der Waals surface area contributed by atoms with Gasteiger partial charge in [0, 0.05) is 23.9 Å². The van der Waals surface area contributed by atoms with Crippen LogP contribution in [-0.2, 0) is 6.54 Å². The van der Waals surface area contributed by atoms with E-state index in [1.54, 1.807) is 17.6 Å². The van der Waals surface area contributed by atoms with Gasteiger partial charge in [-0.1, -0.05) is 18.2 Å². The van der Waals surface area contributed by atoms with Crippen LogP contribution in [0.2, 0.25) is 0 Å². The molecular formula is C19H17N3O2. The SMILES string of the molecule is O=C(NO)c1ccc(C2=NC3=C(CCC=C3)Cn3cccc32)cc1. The van der Waals surface area contributed by atoms with Gasteiger partial charge < -0.3 is 4.57 Å². The van der Waals surface area contributed by atoms with Crippen molar-refractivity contribution in [2.75, 3.05) is 0 Å². The molecule has 0 saturated carbocycles. The molecule has 0 unspecified atom stereocenters. The van der Waals surface area contributed by atoms with Gasteiger partial charge in [0.1, 0.15) is 0 Å². The van der Waals surface area contributed by atoms with Gasteiger partial charge in [0.05, 0.1) is 17.1 Å². The molecule has 5 heteroatoms. The average molecular weight is 319 g/mol. The first-order valence-electron chi connectivity index (χ1n) is 7.94. The highest BCUT2D eigenvalue weighted by Crippen LogP contribution is 2.27. The highest BCUT2D eigenvalue weighted by atomic mass is 16.5. The standard InChI is InChI=1S/C19H17N3O2/c23-19(21-24)14-9-7-13(8-10-14)18-17-6-3-11-22(17)12-15-4-1-2-5-16(15)20-18/h2-3,5-11,24H,1,4,12H2,(H,21,23). The maximum absolute atomic E-state index is 11.5. The zero-order chi connectivity index (χ0) is 16.5. The van der Waals surface area contributed by atoms with Gasteiger partial charge in [0.15, 0.2) is 0 Å². The molecule has 1 aliphatic heterocycles. The summed E-state index contributed by atoms with van der Waals surface area (Å²) < 4.78 is 2.22. The molecule has 2 N–H and O–H groups in total. The third-order valence-electron chi connectivity index (χ3n) is 4.44. The molecule has 0 spiro atoms. The van der Waals surface area contributed by atoms with Gasteiger partial charge in [-0.3, -0.25) is 10.0 Å². The van der Waals surface area contributed by atoms with E-state index >= 15 is 0 Å². The van der Waals surface area contributed by atoms with Gasteiger partial charge in [0.25, 0.3) is 5.91 Å². The maximum atomic E-state index is 11.5. The summed E-state index contributed by atoms with van der Waals surface area (Å²) in [6, 6.07) is 11.2. The Hall–Kier alpha value is -2.92. The van der Waals surface area contributed by atoms with Gasteiger partial charge in [0.2, 0.25) is 0 Å². The number of benzene rings is 1. The molecule has 1 aliphatic carbocycles. The van der Waals surface area contributed by atoms with Gasteiger partial charge >= 0.3 is 0 Å². The fraction of sp³-hybridized carbons (Fsp3) is 0.158. The Morgan fingerprint density at radius 2 is 2.04 bits per heavy atom. The molecule has 0 atom stereocenters. The molecule has 0 fully saturated rings. The number of nitrogens with one attached hydrogen (secondary N) is 1. The molecule has 1 amide bonds. The normalized spacial score (nSPS) is 16.1. The van der Waals surface area contributed by atoms with Crippen LogP contribution < -0.4 is 5.48 Å². The highest BCUT2D eigenvalue weighted by Gasteiger charge is 2.19. The topological polar surface area (TPSA) is 66.6 Å². The molecule has 2 heterocycles. The molecule has 2 aliphatic rings. The summed E-state index contributed by atoms with van der Waals surface area (Å²) in [4.78, 5) is 16.4. The Morgan fingerprint density at radius 1 is 1.21 bits per heavy atom. The minimum Gasteiger partial charge on any atom is -0.342 e. The Bertz CT molecular complexity index is 886. The molecule has 0 saturated heterocycles. The number of allylic oxidation sites excluding steroid dienone is 3. The summed E-state index contributed by atoms with van der Waals surface area (Å²) in [6.07, 6.45) is 8.43. The van der Waals surface area contributed by atoms with Crippen LogP contribution in [0.15, 0.2) is 71.0 Å². The van der Waals surface area contributed by atoms with Crippen molar-refractivity contribution in [3.05, 3.63) is 82.8 Å². The van der Waals surface area contributed by atoms with Crippen LogP contribution in [0.1, 0.15) is 34.5 Å². The van der Waals surface area contributed by atoms with Crippen LogP contribution in [0.4, 0.5) is 0 Å². The third kappa shape index (κ3) is 2.49. The van der Waals surface area contributed by atoms with Crippen molar-refractivity contribution >= 4 is 11.6 Å². The predicted octanol–water partition coefficient (Wildman–Crippen LogP) is 3.06. The number of amides is 1. The van der Waals surface area contributed by atoms with E-state index in [0.29, 0.717) is 5.56 Å². The van der Waals surface area contributed by atoms with Gasteiger partial charge in [-0.15, -0.1) is 0 Å². The Balaban J connectivity index is 1.81. The van der Waals surface area contributed by atoms with E-state index in [9.17, 15) is 4.79 Å². The summed E-state index contributed by atoms with van der Waals surface area (Å²) in [5.74, 6) is -0.520. The number of aliphatic imine (C=N–C) groups is 1. The minimum atomic E-state index is -0.520. The number of hydrogen-bond acceptors (Lipinski definition) is 3. The number of aromatic nitrogens is 1. The molecule has 5 nitrogen and oxygen atoms in total. The zero-order valence-corrected chi connectivity index (χ0v) is 13.1. The highest BCUT2D eigenvalue weighted by molar-refractivity contribution is 6.13. The number of nitrogens with zero attached hydrogens (tertiary/aromatic N) is 2. The third-order valence-corrected chi connectivity index (χ3v) is 4.44. The lowest BCUT2D eigenvalue weighted by Crippen LogP contribution is -2.18. The molecule has 1 aromatic carbocycles. The summed E-state index contributed by atoms with van der Waals surface area (Å²) >= 11 is 0. The van der Waals surface area contributed by atoms with Crippen molar-refractivity contribution in [2.45, 2.75) is 19.4 Å². The molecule has 120 valence electrons. The van der Waals surface area contributed by atoms with E-state index in [0.717, 1.165) is 42.1 Å². The molecule has 2 aromatic rings. The molecule has 0 radical (unpaired) electrons. The second-order valence-electron chi connectivity index (χ2n) is 5.93. The first-order valence-corrected chi connectivity index (χ1v) is 7.94. The van der Waals surface area contributed by atoms with E-state index in [-0.39, 0.29) is 0 Å². The largest absolute Gasteiger partial charge is 0.342 e. The summed E-state index contributed by atoms with van der Waals surface area (Å²) in [5, 5.41) is 8.73. The van der Waals surface area contributed by atoms with Crippen molar-refractivity contribution < 1.29 is 10.0 Å². The Morgan fingerprint density at radius 3 is 2.83 bits per heavy atom. The lowest BCUT2D eigenvalue weighted by molar-refractivity contribution is 0.0706. The number of rotatable bonds is 2. The second-order valence-corrected chi connectivity index (χ2v) is 5.93. The molecule has 24 heavy (non-hydrogen) atoms. The Kier molecular flexibility index (Phi) is 3.63. The van der Waals surface area contributed by atoms with Crippen molar-refractivity contribution in [1.82, 2.24) is 10.0 Å². The van der Waals surface area contributed by atoms with E-state index < -0.39 is 5.91 Å². The van der Waals surface area contributed by atoms with Gasteiger partial charge in [-0.25, -0.2) is 10.5 Å². The number of hydrogen-bond donors (Lipinski definition) is 2. The molecule has 4 rings (SSSR count). The average Bonchev–Trinajstić information content (AvgIpc) is 3.02. The fourth-order valence-corrected chi connectivity index (χ4v) is 3.18. The Labute approximate surface area is 139 Å². The summed E-state index contributed by atoms with van der Waals surface area (Å²) in [7, 11) is 0. The summed E-state index contributed by atoms with van der Waals surface area (Å²) in [6.45, 7) is 0.861. The lowest BCUT2D eigenvalue weighted by Gasteiger charge is -2.12. The van der Waals surface area contributed by atoms with Crippen LogP contribution in [0.5, 0.6) is 0 Å². The first-order chi connectivity index (χ1) is 11.8. The number of fused-ring (bicyclic) bond motifs is 1. The van der Waals surface area contributed by atoms with Crippen molar-refractivity contribution in [3.8, 4) is 0 Å².